The van der Waals surface area contributed by atoms with Crippen LogP contribution >= 0.6 is 0 Å². The van der Waals surface area contributed by atoms with Gasteiger partial charge in [-0.2, -0.15) is 0 Å². The molecule has 24 heavy (non-hydrogen) atoms. The first kappa shape index (κ1) is 15.1. The van der Waals surface area contributed by atoms with Gasteiger partial charge in [-0.1, -0.05) is 0 Å². The highest BCUT2D eigenvalue weighted by Crippen LogP contribution is 2.39. The first-order valence-corrected chi connectivity index (χ1v) is 8.10. The van der Waals surface area contributed by atoms with E-state index >= 15 is 0 Å². The summed E-state index contributed by atoms with van der Waals surface area (Å²) in [5.41, 5.74) is 1.84. The molecule has 2 amide bonds. The van der Waals surface area contributed by atoms with Crippen molar-refractivity contribution >= 4 is 22.9 Å². The second-order valence-electron chi connectivity index (χ2n) is 6.43. The topological polar surface area (TPSA) is 93.5 Å². The SMILES string of the molecule is CC(=O)N[C@@H]1[C@@H](NC(=O)c2ccc3nc(C)oc3c2)[C@H]2CCO[C@H]21. The molecule has 0 radical (unpaired) electrons. The van der Waals surface area contributed by atoms with Gasteiger partial charge in [0.1, 0.15) is 5.52 Å². The molecule has 7 heteroatoms. The molecule has 1 aliphatic carbocycles. The van der Waals surface area contributed by atoms with Gasteiger partial charge >= 0.3 is 0 Å². The Morgan fingerprint density at radius 3 is 2.88 bits per heavy atom. The molecule has 1 saturated heterocycles. The van der Waals surface area contributed by atoms with Crippen molar-refractivity contribution in [3.63, 3.8) is 0 Å². The molecule has 1 saturated carbocycles. The normalized spacial score (nSPS) is 28.2. The summed E-state index contributed by atoms with van der Waals surface area (Å²) in [5.74, 6) is 0.517. The van der Waals surface area contributed by atoms with Crippen LogP contribution in [0.4, 0.5) is 0 Å². The van der Waals surface area contributed by atoms with E-state index in [9.17, 15) is 9.59 Å². The van der Waals surface area contributed by atoms with Crippen molar-refractivity contribution in [1.82, 2.24) is 15.6 Å². The molecule has 2 aromatic rings. The minimum atomic E-state index is -0.184. The number of rotatable bonds is 3. The fourth-order valence-corrected chi connectivity index (χ4v) is 3.73. The summed E-state index contributed by atoms with van der Waals surface area (Å²) in [6.07, 6.45) is 0.894. The standard InChI is InChI=1S/C17H19N3O4/c1-8(21)18-15-14(11-5-6-23-16(11)15)20-17(22)10-3-4-12-13(7-10)24-9(2)19-12/h3-4,7,11,14-16H,5-6H2,1-2H3,(H,18,21)(H,20,22)/t11-,14+,15-,16-/m1/s1. The Kier molecular flexibility index (Phi) is 3.53. The van der Waals surface area contributed by atoms with Gasteiger partial charge in [-0.15, -0.1) is 0 Å². The third-order valence-corrected chi connectivity index (χ3v) is 4.81. The Morgan fingerprint density at radius 1 is 1.25 bits per heavy atom. The van der Waals surface area contributed by atoms with E-state index in [1.807, 2.05) is 0 Å². The van der Waals surface area contributed by atoms with Crippen LogP contribution in [0, 0.1) is 12.8 Å². The minimum Gasteiger partial charge on any atom is -0.441 e. The van der Waals surface area contributed by atoms with E-state index in [4.69, 9.17) is 9.15 Å². The lowest BCUT2D eigenvalue weighted by Gasteiger charge is -2.47. The maximum atomic E-state index is 12.6. The number of ether oxygens (including phenoxy) is 1. The third kappa shape index (κ3) is 2.45. The van der Waals surface area contributed by atoms with Crippen molar-refractivity contribution < 1.29 is 18.7 Å². The van der Waals surface area contributed by atoms with Crippen LogP contribution in [0.3, 0.4) is 0 Å². The Labute approximate surface area is 138 Å². The first-order chi connectivity index (χ1) is 11.5. The molecular formula is C17H19N3O4. The van der Waals surface area contributed by atoms with Crippen molar-refractivity contribution in [2.45, 2.75) is 38.5 Å². The number of nitrogens with zero attached hydrogens (tertiary/aromatic N) is 1. The average Bonchev–Trinajstić information content (AvgIpc) is 3.12. The van der Waals surface area contributed by atoms with Crippen LogP contribution in [-0.4, -0.2) is 41.6 Å². The molecule has 2 fully saturated rings. The highest BCUT2D eigenvalue weighted by atomic mass is 16.5. The molecule has 1 aliphatic heterocycles. The number of fused-ring (bicyclic) bond motifs is 2. The number of nitrogens with one attached hydrogen (secondary N) is 2. The van der Waals surface area contributed by atoms with E-state index in [0.29, 0.717) is 23.6 Å². The molecule has 126 valence electrons. The van der Waals surface area contributed by atoms with Crippen molar-refractivity contribution in [3.8, 4) is 0 Å². The molecule has 2 heterocycles. The Balaban J connectivity index is 1.52. The van der Waals surface area contributed by atoms with Crippen LogP contribution < -0.4 is 10.6 Å². The lowest BCUT2D eigenvalue weighted by Crippen LogP contribution is -2.70. The molecule has 7 nitrogen and oxygen atoms in total. The fraction of sp³-hybridized carbons (Fsp3) is 0.471. The predicted molar refractivity (Wildman–Crippen MR) is 85.5 cm³/mol. The van der Waals surface area contributed by atoms with E-state index in [2.05, 4.69) is 15.6 Å². The Bertz CT molecular complexity index is 815. The van der Waals surface area contributed by atoms with Gasteiger partial charge in [0.15, 0.2) is 11.5 Å². The molecule has 2 N–H and O–H groups in total. The first-order valence-electron chi connectivity index (χ1n) is 8.10. The molecule has 4 rings (SSSR count). The van der Waals surface area contributed by atoms with Crippen LogP contribution in [0.25, 0.3) is 11.1 Å². The molecule has 1 aromatic heterocycles. The average molecular weight is 329 g/mol. The Hall–Kier alpha value is -2.41. The number of oxazole rings is 1. The van der Waals surface area contributed by atoms with Gasteiger partial charge in [-0.25, -0.2) is 4.98 Å². The monoisotopic (exact) mass is 329 g/mol. The number of aryl methyl sites for hydroxylation is 1. The maximum absolute atomic E-state index is 12.6. The van der Waals surface area contributed by atoms with Gasteiger partial charge < -0.3 is 19.8 Å². The van der Waals surface area contributed by atoms with Gasteiger partial charge in [0.25, 0.3) is 5.91 Å². The molecular weight excluding hydrogens is 310 g/mol. The Morgan fingerprint density at radius 2 is 2.08 bits per heavy atom. The zero-order valence-electron chi connectivity index (χ0n) is 13.5. The van der Waals surface area contributed by atoms with Crippen LogP contribution in [0.5, 0.6) is 0 Å². The molecule has 0 bridgehead atoms. The minimum absolute atomic E-state index is 0.00129. The molecule has 0 unspecified atom stereocenters. The smallest absolute Gasteiger partial charge is 0.251 e. The number of benzene rings is 1. The molecule has 0 spiro atoms. The van der Waals surface area contributed by atoms with Crippen LogP contribution in [0.15, 0.2) is 22.6 Å². The number of aromatic nitrogens is 1. The maximum Gasteiger partial charge on any atom is 0.251 e. The van der Waals surface area contributed by atoms with E-state index in [0.717, 1.165) is 11.9 Å². The molecule has 2 aliphatic rings. The quantitative estimate of drug-likeness (QED) is 0.881. The lowest BCUT2D eigenvalue weighted by atomic mass is 9.71. The zero-order valence-corrected chi connectivity index (χ0v) is 13.5. The van der Waals surface area contributed by atoms with Crippen LogP contribution in [0.1, 0.15) is 29.6 Å². The van der Waals surface area contributed by atoms with E-state index < -0.39 is 0 Å². The summed E-state index contributed by atoms with van der Waals surface area (Å²) in [5, 5.41) is 5.92. The van der Waals surface area contributed by atoms with Gasteiger partial charge in [0.2, 0.25) is 5.91 Å². The van der Waals surface area contributed by atoms with Crippen LogP contribution in [0.2, 0.25) is 0 Å². The van der Waals surface area contributed by atoms with Gasteiger partial charge in [-0.05, 0) is 24.6 Å². The zero-order chi connectivity index (χ0) is 16.8. The second kappa shape index (κ2) is 5.59. The number of hydrogen-bond acceptors (Lipinski definition) is 5. The number of hydrogen-bond donors (Lipinski definition) is 2. The van der Waals surface area contributed by atoms with Crippen molar-refractivity contribution in [2.24, 2.45) is 5.92 Å². The van der Waals surface area contributed by atoms with Crippen molar-refractivity contribution in [3.05, 3.63) is 29.7 Å². The van der Waals surface area contributed by atoms with Gasteiger partial charge in [0, 0.05) is 31.9 Å². The number of carbonyl (C=O) groups excluding carboxylic acids is 2. The van der Waals surface area contributed by atoms with Crippen molar-refractivity contribution in [2.75, 3.05) is 6.61 Å². The van der Waals surface area contributed by atoms with Crippen molar-refractivity contribution in [1.29, 1.82) is 0 Å². The number of amides is 2. The fourth-order valence-electron chi connectivity index (χ4n) is 3.73. The summed E-state index contributed by atoms with van der Waals surface area (Å²) in [4.78, 5) is 28.2. The third-order valence-electron chi connectivity index (χ3n) is 4.81. The summed E-state index contributed by atoms with van der Waals surface area (Å²) in [6.45, 7) is 3.91. The van der Waals surface area contributed by atoms with E-state index in [-0.39, 0.29) is 35.9 Å². The highest BCUT2D eigenvalue weighted by molar-refractivity contribution is 5.97. The van der Waals surface area contributed by atoms with Gasteiger partial charge in [-0.3, -0.25) is 9.59 Å². The molecule has 1 aromatic carbocycles. The summed E-state index contributed by atoms with van der Waals surface area (Å²) < 4.78 is 11.1. The highest BCUT2D eigenvalue weighted by Gasteiger charge is 2.54. The number of carbonyl (C=O) groups is 2. The van der Waals surface area contributed by atoms with Gasteiger partial charge in [0.05, 0.1) is 18.2 Å². The van der Waals surface area contributed by atoms with E-state index in [1.54, 1.807) is 25.1 Å². The molecule has 4 atom stereocenters. The summed E-state index contributed by atoms with van der Waals surface area (Å²) in [7, 11) is 0. The lowest BCUT2D eigenvalue weighted by molar-refractivity contribution is -0.123. The summed E-state index contributed by atoms with van der Waals surface area (Å²) in [6, 6.07) is 4.92. The largest absolute Gasteiger partial charge is 0.441 e. The summed E-state index contributed by atoms with van der Waals surface area (Å²) >= 11 is 0. The predicted octanol–water partition coefficient (Wildman–Crippen LogP) is 1.16. The van der Waals surface area contributed by atoms with Crippen LogP contribution in [-0.2, 0) is 9.53 Å². The van der Waals surface area contributed by atoms with E-state index in [1.165, 1.54) is 6.92 Å². The second-order valence-corrected chi connectivity index (χ2v) is 6.43.